The minimum absolute atomic E-state index is 0.0276. The molecule has 36 heavy (non-hydrogen) atoms. The monoisotopic (exact) mass is 506 g/mol. The molecule has 0 radical (unpaired) electrons. The molecule has 0 saturated carbocycles. The highest BCUT2D eigenvalue weighted by molar-refractivity contribution is 7.22. The molecule has 0 atom stereocenters. The number of fused-ring (bicyclic) bond motifs is 3. The van der Waals surface area contributed by atoms with Crippen molar-refractivity contribution in [2.75, 3.05) is 0 Å². The maximum absolute atomic E-state index is 14.6. The minimum atomic E-state index is -5.75. The second-order valence-corrected chi connectivity index (χ2v) is 9.49. The van der Waals surface area contributed by atoms with E-state index < -0.39 is 17.7 Å². The van der Waals surface area contributed by atoms with Crippen LogP contribution in [0.5, 0.6) is 0 Å². The van der Waals surface area contributed by atoms with Gasteiger partial charge in [-0.25, -0.2) is 0 Å². The highest BCUT2D eigenvalue weighted by Crippen LogP contribution is 2.48. The summed E-state index contributed by atoms with van der Waals surface area (Å²) < 4.78 is 70.2. The van der Waals surface area contributed by atoms with Crippen LogP contribution in [0.25, 0.3) is 53.5 Å². The van der Waals surface area contributed by atoms with Gasteiger partial charge in [-0.1, -0.05) is 66.7 Å². The summed E-state index contributed by atoms with van der Waals surface area (Å²) in [6.07, 6.45) is -5.75. The molecule has 0 aliphatic carbocycles. The zero-order valence-corrected chi connectivity index (χ0v) is 19.2. The van der Waals surface area contributed by atoms with E-state index in [-0.39, 0.29) is 11.3 Å². The normalized spacial score (nSPS) is 12.6. The van der Waals surface area contributed by atoms with Crippen LogP contribution in [0, 0.1) is 0 Å². The average molecular weight is 506 g/mol. The van der Waals surface area contributed by atoms with Crippen LogP contribution in [0.15, 0.2) is 91.0 Å². The summed E-state index contributed by atoms with van der Waals surface area (Å²) in [5.41, 5.74) is -0.952. The molecule has 2 heterocycles. The number of hydrogen-bond donors (Lipinski definition) is 0. The first-order valence-corrected chi connectivity index (χ1v) is 11.8. The number of aromatic nitrogens is 2. The average Bonchev–Trinajstić information content (AvgIpc) is 3.30. The molecule has 8 heteroatoms. The fourth-order valence-corrected chi connectivity index (χ4v) is 5.50. The summed E-state index contributed by atoms with van der Waals surface area (Å²) in [6.45, 7) is 0. The van der Waals surface area contributed by atoms with Crippen LogP contribution in [-0.2, 0) is 5.92 Å². The highest BCUT2D eigenvalue weighted by atomic mass is 32.1. The fourth-order valence-electron chi connectivity index (χ4n) is 4.44. The third-order valence-corrected chi connectivity index (χ3v) is 7.30. The quantitative estimate of drug-likeness (QED) is 0.177. The molecule has 2 aromatic heterocycles. The van der Waals surface area contributed by atoms with Crippen LogP contribution in [0.2, 0.25) is 0 Å². The van der Waals surface area contributed by atoms with Crippen molar-refractivity contribution in [2.45, 2.75) is 12.1 Å². The molecule has 2 nitrogen and oxygen atoms in total. The fraction of sp³-hybridized carbons (Fsp3) is 0.0714. The van der Waals surface area contributed by atoms with Gasteiger partial charge in [-0.05, 0) is 40.4 Å². The van der Waals surface area contributed by atoms with E-state index in [1.807, 2.05) is 60.7 Å². The second kappa shape index (κ2) is 8.06. The smallest absolute Gasteiger partial charge is 0.191 e. The maximum atomic E-state index is 14.6. The Balaban J connectivity index is 1.68. The molecule has 0 fully saturated rings. The zero-order valence-electron chi connectivity index (χ0n) is 18.4. The molecule has 0 amide bonds. The van der Waals surface area contributed by atoms with Crippen LogP contribution in [0.1, 0.15) is 5.56 Å². The van der Waals surface area contributed by atoms with Gasteiger partial charge in [0, 0.05) is 26.6 Å². The van der Waals surface area contributed by atoms with Gasteiger partial charge in [0.2, 0.25) is 0 Å². The molecule has 6 aromatic rings. The lowest BCUT2D eigenvalue weighted by Crippen LogP contribution is -2.34. The number of nitrogens with zero attached hydrogens (tertiary/aromatic N) is 2. The van der Waals surface area contributed by atoms with Crippen LogP contribution in [0.4, 0.5) is 22.0 Å². The SMILES string of the molecule is FC(F)(F)C(F)(F)c1ccccc1-c1nnc(-c2cc3ccccc3s2)c2cc3ccccc3cc12. The highest BCUT2D eigenvalue weighted by Gasteiger charge is 2.59. The molecule has 0 aliphatic heterocycles. The molecule has 0 aliphatic rings. The topological polar surface area (TPSA) is 25.8 Å². The third kappa shape index (κ3) is 3.52. The maximum Gasteiger partial charge on any atom is 0.458 e. The summed E-state index contributed by atoms with van der Waals surface area (Å²) in [4.78, 5) is 0.824. The van der Waals surface area contributed by atoms with E-state index in [0.29, 0.717) is 16.5 Å². The van der Waals surface area contributed by atoms with Gasteiger partial charge >= 0.3 is 12.1 Å². The number of alkyl halides is 5. The van der Waals surface area contributed by atoms with E-state index in [0.717, 1.165) is 37.9 Å². The van der Waals surface area contributed by atoms with Gasteiger partial charge in [0.15, 0.2) is 0 Å². The number of halogens is 5. The predicted molar refractivity (Wildman–Crippen MR) is 133 cm³/mol. The lowest BCUT2D eigenvalue weighted by Gasteiger charge is -2.22. The molecular weight excluding hydrogens is 491 g/mol. The second-order valence-electron chi connectivity index (χ2n) is 8.41. The standard InChI is InChI=1S/C28H15F5N2S/c29-27(30,28(31,32)33)22-11-5-4-10-19(22)25-20-13-16-7-1-2-8-17(16)14-21(20)26(35-34-25)24-15-18-9-3-6-12-23(18)36-24/h1-15H. The van der Waals surface area contributed by atoms with E-state index in [4.69, 9.17) is 0 Å². The first-order valence-electron chi connectivity index (χ1n) is 11.0. The van der Waals surface area contributed by atoms with Crippen molar-refractivity contribution >= 4 is 43.0 Å². The van der Waals surface area contributed by atoms with E-state index in [2.05, 4.69) is 10.2 Å². The van der Waals surface area contributed by atoms with Gasteiger partial charge in [-0.2, -0.15) is 22.0 Å². The molecule has 178 valence electrons. The number of rotatable bonds is 3. The van der Waals surface area contributed by atoms with Crippen molar-refractivity contribution in [1.82, 2.24) is 10.2 Å². The van der Waals surface area contributed by atoms with Crippen molar-refractivity contribution < 1.29 is 22.0 Å². The van der Waals surface area contributed by atoms with Crippen LogP contribution >= 0.6 is 11.3 Å². The van der Waals surface area contributed by atoms with Crippen molar-refractivity contribution in [3.8, 4) is 21.8 Å². The Hall–Kier alpha value is -3.91. The van der Waals surface area contributed by atoms with Crippen molar-refractivity contribution in [2.24, 2.45) is 0 Å². The van der Waals surface area contributed by atoms with Crippen LogP contribution in [0.3, 0.4) is 0 Å². The van der Waals surface area contributed by atoms with Gasteiger partial charge in [0.05, 0.1) is 4.88 Å². The lowest BCUT2D eigenvalue weighted by molar-refractivity contribution is -0.289. The number of hydrogen-bond acceptors (Lipinski definition) is 3. The number of thiophene rings is 1. The molecule has 4 aromatic carbocycles. The summed E-state index contributed by atoms with van der Waals surface area (Å²) in [6, 6.07) is 25.5. The summed E-state index contributed by atoms with van der Waals surface area (Å²) in [5.74, 6) is -5.06. The van der Waals surface area contributed by atoms with Gasteiger partial charge in [0.25, 0.3) is 0 Å². The minimum Gasteiger partial charge on any atom is -0.191 e. The van der Waals surface area contributed by atoms with Gasteiger partial charge in [-0.15, -0.1) is 21.5 Å². The molecule has 0 bridgehead atoms. The van der Waals surface area contributed by atoms with E-state index in [1.165, 1.54) is 23.5 Å². The molecule has 6 rings (SSSR count). The number of benzene rings is 4. The Kier molecular flexibility index (Phi) is 5.05. The van der Waals surface area contributed by atoms with Crippen molar-refractivity contribution in [1.29, 1.82) is 0 Å². The van der Waals surface area contributed by atoms with Crippen molar-refractivity contribution in [3.63, 3.8) is 0 Å². The zero-order chi connectivity index (χ0) is 25.1. The predicted octanol–water partition coefficient (Wildman–Crippen LogP) is 8.99. The van der Waals surface area contributed by atoms with Crippen LogP contribution in [-0.4, -0.2) is 16.4 Å². The Morgan fingerprint density at radius 2 is 1.14 bits per heavy atom. The van der Waals surface area contributed by atoms with E-state index in [1.54, 1.807) is 6.07 Å². The first-order chi connectivity index (χ1) is 17.2. The van der Waals surface area contributed by atoms with Crippen molar-refractivity contribution in [3.05, 3.63) is 96.6 Å². The Bertz CT molecular complexity index is 1740. The largest absolute Gasteiger partial charge is 0.458 e. The van der Waals surface area contributed by atoms with Gasteiger partial charge < -0.3 is 0 Å². The van der Waals surface area contributed by atoms with Gasteiger partial charge in [-0.3, -0.25) is 0 Å². The van der Waals surface area contributed by atoms with E-state index in [9.17, 15) is 22.0 Å². The Morgan fingerprint density at radius 3 is 1.81 bits per heavy atom. The molecule has 0 N–H and O–H groups in total. The van der Waals surface area contributed by atoms with E-state index >= 15 is 0 Å². The molecule has 0 saturated heterocycles. The molecule has 0 spiro atoms. The lowest BCUT2D eigenvalue weighted by atomic mass is 9.94. The summed E-state index contributed by atoms with van der Waals surface area (Å²) in [7, 11) is 0. The van der Waals surface area contributed by atoms with Crippen LogP contribution < -0.4 is 0 Å². The molecular formula is C28H15F5N2S. The van der Waals surface area contributed by atoms with Gasteiger partial charge in [0.1, 0.15) is 11.4 Å². The summed E-state index contributed by atoms with van der Waals surface area (Å²) in [5, 5.41) is 12.4. The summed E-state index contributed by atoms with van der Waals surface area (Å²) >= 11 is 1.51. The molecule has 0 unspecified atom stereocenters. The third-order valence-electron chi connectivity index (χ3n) is 6.18. The first kappa shape index (κ1) is 22.5. The Morgan fingerprint density at radius 1 is 0.583 bits per heavy atom. The Labute approximate surface area is 205 Å².